The van der Waals surface area contributed by atoms with Crippen LogP contribution in [0.4, 0.5) is 11.6 Å². The van der Waals surface area contributed by atoms with Gasteiger partial charge in [0.25, 0.3) is 5.91 Å². The highest BCUT2D eigenvalue weighted by molar-refractivity contribution is 6.05. The topological polar surface area (TPSA) is 58.1 Å². The van der Waals surface area contributed by atoms with Crippen LogP contribution >= 0.6 is 0 Å². The Kier molecular flexibility index (Phi) is 6.15. The maximum Gasteiger partial charge on any atom is 0.261 e. The van der Waals surface area contributed by atoms with E-state index in [9.17, 15) is 4.79 Å². The third kappa shape index (κ3) is 4.91. The van der Waals surface area contributed by atoms with E-state index in [0.29, 0.717) is 18.1 Å². The molecule has 3 aromatic rings. The number of nitrogens with zero attached hydrogens (tertiary/aromatic N) is 3. The van der Waals surface area contributed by atoms with Gasteiger partial charge in [0.1, 0.15) is 0 Å². The molecule has 0 spiro atoms. The predicted octanol–water partition coefficient (Wildman–Crippen LogP) is 4.53. The average Bonchev–Trinajstić information content (AvgIpc) is 2.73. The van der Waals surface area contributed by atoms with Crippen molar-refractivity contribution in [3.8, 4) is 0 Å². The summed E-state index contributed by atoms with van der Waals surface area (Å²) in [7, 11) is 0. The van der Waals surface area contributed by atoms with Crippen molar-refractivity contribution in [2.45, 2.75) is 32.9 Å². The van der Waals surface area contributed by atoms with E-state index in [4.69, 9.17) is 0 Å². The molecule has 2 aromatic carbocycles. The molecular weight excluding hydrogens is 336 g/mol. The van der Waals surface area contributed by atoms with Crippen LogP contribution in [0.15, 0.2) is 73.1 Å². The summed E-state index contributed by atoms with van der Waals surface area (Å²) in [5, 5.41) is 3.21. The van der Waals surface area contributed by atoms with Gasteiger partial charge in [0.05, 0.1) is 12.1 Å². The number of rotatable bonds is 7. The van der Waals surface area contributed by atoms with Crippen molar-refractivity contribution in [2.24, 2.45) is 0 Å². The summed E-state index contributed by atoms with van der Waals surface area (Å²) < 4.78 is 0. The molecule has 1 unspecified atom stereocenters. The zero-order valence-electron chi connectivity index (χ0n) is 15.7. The zero-order chi connectivity index (χ0) is 19.1. The highest BCUT2D eigenvalue weighted by Gasteiger charge is 2.19. The maximum absolute atomic E-state index is 13.2. The first-order valence-corrected chi connectivity index (χ1v) is 9.16. The number of carbonyl (C=O) groups excluding carboxylic acids is 1. The highest BCUT2D eigenvalue weighted by atomic mass is 16.2. The van der Waals surface area contributed by atoms with Gasteiger partial charge in [0, 0.05) is 24.1 Å². The number of anilines is 2. The lowest BCUT2D eigenvalue weighted by Gasteiger charge is -2.23. The molecule has 0 bridgehead atoms. The van der Waals surface area contributed by atoms with E-state index < -0.39 is 0 Å². The zero-order valence-corrected chi connectivity index (χ0v) is 15.7. The first kappa shape index (κ1) is 18.6. The molecule has 0 radical (unpaired) electrons. The first-order valence-electron chi connectivity index (χ1n) is 9.16. The Morgan fingerprint density at radius 3 is 2.19 bits per heavy atom. The molecule has 138 valence electrons. The Bertz CT molecular complexity index is 851. The SMILES string of the molecule is CCC(C)Nc1ncc(C(=O)N(Cc2ccccc2)c2ccccc2)cn1. The molecule has 1 atom stereocenters. The second-order valence-electron chi connectivity index (χ2n) is 6.46. The van der Waals surface area contributed by atoms with Crippen molar-refractivity contribution < 1.29 is 4.79 Å². The Morgan fingerprint density at radius 2 is 1.59 bits per heavy atom. The third-order valence-corrected chi connectivity index (χ3v) is 4.38. The number of carbonyl (C=O) groups is 1. The molecule has 0 saturated carbocycles. The minimum atomic E-state index is -0.125. The number of benzene rings is 2. The maximum atomic E-state index is 13.2. The summed E-state index contributed by atoms with van der Waals surface area (Å²) >= 11 is 0. The smallest absolute Gasteiger partial charge is 0.261 e. The summed E-state index contributed by atoms with van der Waals surface area (Å²) in [5.41, 5.74) is 2.36. The van der Waals surface area contributed by atoms with Gasteiger partial charge in [-0.3, -0.25) is 4.79 Å². The molecule has 1 amide bonds. The van der Waals surface area contributed by atoms with Crippen molar-refractivity contribution in [3.63, 3.8) is 0 Å². The number of amides is 1. The molecular formula is C22H24N4O. The van der Waals surface area contributed by atoms with Gasteiger partial charge >= 0.3 is 0 Å². The Morgan fingerprint density at radius 1 is 1.00 bits per heavy atom. The van der Waals surface area contributed by atoms with Crippen molar-refractivity contribution >= 4 is 17.5 Å². The van der Waals surface area contributed by atoms with E-state index in [1.54, 1.807) is 17.3 Å². The quantitative estimate of drug-likeness (QED) is 0.672. The standard InChI is InChI=1S/C22H24N4O/c1-3-17(2)25-22-23-14-19(15-24-22)21(27)26(20-12-8-5-9-13-20)16-18-10-6-4-7-11-18/h4-15,17H,3,16H2,1-2H3,(H,23,24,25). The van der Waals surface area contributed by atoms with Crippen LogP contribution in [-0.4, -0.2) is 21.9 Å². The number of para-hydroxylation sites is 1. The van der Waals surface area contributed by atoms with Gasteiger partial charge in [-0.2, -0.15) is 0 Å². The lowest BCUT2D eigenvalue weighted by Crippen LogP contribution is -2.30. The third-order valence-electron chi connectivity index (χ3n) is 4.38. The lowest BCUT2D eigenvalue weighted by molar-refractivity contribution is 0.0984. The van der Waals surface area contributed by atoms with Crippen molar-refractivity contribution in [3.05, 3.63) is 84.2 Å². The molecule has 1 N–H and O–H groups in total. The number of aromatic nitrogens is 2. The van der Waals surface area contributed by atoms with Crippen LogP contribution in [0.25, 0.3) is 0 Å². The van der Waals surface area contributed by atoms with Gasteiger partial charge in [-0.25, -0.2) is 9.97 Å². The van der Waals surface area contributed by atoms with Gasteiger partial charge in [-0.1, -0.05) is 55.5 Å². The minimum Gasteiger partial charge on any atom is -0.352 e. The molecule has 5 nitrogen and oxygen atoms in total. The van der Waals surface area contributed by atoms with Gasteiger partial charge in [0.2, 0.25) is 5.95 Å². The van der Waals surface area contributed by atoms with E-state index in [2.05, 4.69) is 29.1 Å². The van der Waals surface area contributed by atoms with E-state index in [0.717, 1.165) is 17.7 Å². The fourth-order valence-electron chi connectivity index (χ4n) is 2.65. The molecule has 5 heteroatoms. The van der Waals surface area contributed by atoms with E-state index in [1.807, 2.05) is 60.7 Å². The molecule has 1 heterocycles. The molecule has 0 saturated heterocycles. The summed E-state index contributed by atoms with van der Waals surface area (Å²) in [6.07, 6.45) is 4.14. The lowest BCUT2D eigenvalue weighted by atomic mass is 10.1. The fourth-order valence-corrected chi connectivity index (χ4v) is 2.65. The molecule has 0 aliphatic carbocycles. The average molecular weight is 360 g/mol. The largest absolute Gasteiger partial charge is 0.352 e. The second kappa shape index (κ2) is 8.94. The van der Waals surface area contributed by atoms with E-state index in [1.165, 1.54) is 0 Å². The summed E-state index contributed by atoms with van der Waals surface area (Å²) in [6, 6.07) is 19.9. The van der Waals surface area contributed by atoms with Crippen molar-refractivity contribution in [1.29, 1.82) is 0 Å². The van der Waals surface area contributed by atoms with Crippen LogP contribution in [0.2, 0.25) is 0 Å². The molecule has 0 aliphatic heterocycles. The van der Waals surface area contributed by atoms with Crippen LogP contribution in [-0.2, 0) is 6.54 Å². The highest BCUT2D eigenvalue weighted by Crippen LogP contribution is 2.20. The number of hydrogen-bond donors (Lipinski definition) is 1. The fraction of sp³-hybridized carbons (Fsp3) is 0.227. The normalized spacial score (nSPS) is 11.6. The van der Waals surface area contributed by atoms with Crippen LogP contribution in [0.5, 0.6) is 0 Å². The van der Waals surface area contributed by atoms with Crippen LogP contribution in [0, 0.1) is 0 Å². The summed E-state index contributed by atoms with van der Waals surface area (Å²) in [5.74, 6) is 0.412. The molecule has 3 rings (SSSR count). The van der Waals surface area contributed by atoms with E-state index in [-0.39, 0.29) is 11.9 Å². The van der Waals surface area contributed by atoms with Crippen molar-refractivity contribution in [1.82, 2.24) is 9.97 Å². The van der Waals surface area contributed by atoms with Gasteiger partial charge in [-0.05, 0) is 31.0 Å². The number of nitrogens with one attached hydrogen (secondary N) is 1. The van der Waals surface area contributed by atoms with Gasteiger partial charge < -0.3 is 10.2 Å². The Labute approximate surface area is 160 Å². The first-order chi connectivity index (χ1) is 13.2. The second-order valence-corrected chi connectivity index (χ2v) is 6.46. The molecule has 0 aliphatic rings. The molecule has 27 heavy (non-hydrogen) atoms. The van der Waals surface area contributed by atoms with E-state index >= 15 is 0 Å². The Hall–Kier alpha value is -3.21. The van der Waals surface area contributed by atoms with Crippen LogP contribution < -0.4 is 10.2 Å². The molecule has 0 fully saturated rings. The molecule has 1 aromatic heterocycles. The van der Waals surface area contributed by atoms with Crippen LogP contribution in [0.3, 0.4) is 0 Å². The minimum absolute atomic E-state index is 0.125. The van der Waals surface area contributed by atoms with Crippen LogP contribution in [0.1, 0.15) is 36.2 Å². The van der Waals surface area contributed by atoms with Gasteiger partial charge in [-0.15, -0.1) is 0 Å². The monoisotopic (exact) mass is 360 g/mol. The van der Waals surface area contributed by atoms with Gasteiger partial charge in [0.15, 0.2) is 0 Å². The van der Waals surface area contributed by atoms with Crippen molar-refractivity contribution in [2.75, 3.05) is 10.2 Å². The summed E-state index contributed by atoms with van der Waals surface area (Å²) in [6.45, 7) is 4.65. The Balaban J connectivity index is 1.84. The number of hydrogen-bond acceptors (Lipinski definition) is 4. The predicted molar refractivity (Wildman–Crippen MR) is 109 cm³/mol. The summed E-state index contributed by atoms with van der Waals surface area (Å²) in [4.78, 5) is 23.5.